The number of nitrogens with one attached hydrogen (secondary N) is 1. The van der Waals surface area contributed by atoms with Crippen molar-refractivity contribution in [3.63, 3.8) is 0 Å². The van der Waals surface area contributed by atoms with Crippen molar-refractivity contribution in [1.29, 1.82) is 0 Å². The summed E-state index contributed by atoms with van der Waals surface area (Å²) in [5, 5.41) is 19.6. The van der Waals surface area contributed by atoms with Crippen LogP contribution in [0.15, 0.2) is 63.5 Å². The number of aliphatic hydroxyl groups is 1. The fourth-order valence-electron chi connectivity index (χ4n) is 4.19. The number of nitrogens with zero attached hydrogens (tertiary/aromatic N) is 2. The highest BCUT2D eigenvalue weighted by Crippen LogP contribution is 2.25. The first-order valence-electron chi connectivity index (χ1n) is 11.8. The Kier molecular flexibility index (Phi) is 8.42. The van der Waals surface area contributed by atoms with E-state index in [1.165, 1.54) is 18.3 Å². The topological polar surface area (TPSA) is 139 Å². The summed E-state index contributed by atoms with van der Waals surface area (Å²) in [4.78, 5) is 25.6. The summed E-state index contributed by atoms with van der Waals surface area (Å²) in [6.07, 6.45) is 0.121. The molecule has 1 saturated heterocycles. The summed E-state index contributed by atoms with van der Waals surface area (Å²) < 4.78 is 38.3. The zero-order valence-electron chi connectivity index (χ0n) is 20.4. The van der Waals surface area contributed by atoms with Gasteiger partial charge in [-0.2, -0.15) is 4.31 Å². The van der Waals surface area contributed by atoms with Crippen LogP contribution in [0.1, 0.15) is 23.1 Å². The van der Waals surface area contributed by atoms with Crippen LogP contribution < -0.4 is 5.32 Å². The lowest BCUT2D eigenvalue weighted by atomic mass is 9.94. The molecule has 2 aromatic heterocycles. The Morgan fingerprint density at radius 1 is 1.27 bits per heavy atom. The maximum absolute atomic E-state index is 13.5. The highest BCUT2D eigenvalue weighted by molar-refractivity contribution is 7.89. The van der Waals surface area contributed by atoms with E-state index in [4.69, 9.17) is 9.26 Å². The van der Waals surface area contributed by atoms with Crippen molar-refractivity contribution in [3.05, 3.63) is 70.2 Å². The Morgan fingerprint density at radius 2 is 2.03 bits per heavy atom. The molecule has 1 fully saturated rings. The number of aliphatic hydroxyl groups excluding tert-OH is 1. The monoisotopic (exact) mass is 547 g/mol. The van der Waals surface area contributed by atoms with Gasteiger partial charge in [-0.1, -0.05) is 48.5 Å². The average Bonchev–Trinajstić information content (AvgIpc) is 3.62. The zero-order valence-corrected chi connectivity index (χ0v) is 22.1. The summed E-state index contributed by atoms with van der Waals surface area (Å²) >= 11 is 1.39. The van der Waals surface area contributed by atoms with Crippen molar-refractivity contribution >= 4 is 33.2 Å². The number of benzene rings is 1. The van der Waals surface area contributed by atoms with E-state index in [-0.39, 0.29) is 36.8 Å². The van der Waals surface area contributed by atoms with Gasteiger partial charge >= 0.3 is 5.97 Å². The largest absolute Gasteiger partial charge is 0.465 e. The van der Waals surface area contributed by atoms with Crippen LogP contribution in [-0.2, 0) is 37.3 Å². The molecule has 0 aliphatic carbocycles. The van der Waals surface area contributed by atoms with Crippen molar-refractivity contribution in [2.45, 2.75) is 43.9 Å². The maximum Gasteiger partial charge on any atom is 0.309 e. The summed E-state index contributed by atoms with van der Waals surface area (Å²) in [7, 11) is -4.08. The second kappa shape index (κ2) is 11.5. The van der Waals surface area contributed by atoms with E-state index < -0.39 is 45.9 Å². The molecule has 37 heavy (non-hydrogen) atoms. The van der Waals surface area contributed by atoms with Crippen molar-refractivity contribution in [1.82, 2.24) is 14.8 Å². The number of sulfonamides is 1. The van der Waals surface area contributed by atoms with Crippen LogP contribution in [-0.4, -0.2) is 60.2 Å². The van der Waals surface area contributed by atoms with Gasteiger partial charge < -0.3 is 19.7 Å². The minimum Gasteiger partial charge on any atom is -0.465 e. The maximum atomic E-state index is 13.5. The molecule has 4 atom stereocenters. The van der Waals surface area contributed by atoms with Gasteiger partial charge in [-0.25, -0.2) is 8.42 Å². The number of hydrogen-bond donors (Lipinski definition) is 2. The molecule has 0 bridgehead atoms. The van der Waals surface area contributed by atoms with Crippen LogP contribution in [0, 0.1) is 18.8 Å². The van der Waals surface area contributed by atoms with Gasteiger partial charge in [-0.15, -0.1) is 11.3 Å². The normalized spacial score (nSPS) is 19.5. The fraction of sp³-hybridized carbons (Fsp3) is 0.400. The van der Waals surface area contributed by atoms with Gasteiger partial charge in [0.25, 0.3) is 0 Å². The third-order valence-corrected chi connectivity index (χ3v) is 9.20. The molecule has 0 saturated carbocycles. The highest BCUT2D eigenvalue weighted by Gasteiger charge is 2.40. The number of ether oxygens (including phenoxy) is 1. The number of aryl methyl sites for hydroxylation is 1. The predicted octanol–water partition coefficient (Wildman–Crippen LogP) is 2.13. The summed E-state index contributed by atoms with van der Waals surface area (Å²) in [6, 6.07) is 12.0. The molecule has 1 aliphatic rings. The summed E-state index contributed by atoms with van der Waals surface area (Å²) in [5.41, 5.74) is 0.848. The van der Waals surface area contributed by atoms with Crippen molar-refractivity contribution in [2.75, 3.05) is 13.2 Å². The highest BCUT2D eigenvalue weighted by atomic mass is 32.2. The minimum atomic E-state index is -4.08. The predicted molar refractivity (Wildman–Crippen MR) is 135 cm³/mol. The van der Waals surface area contributed by atoms with E-state index in [9.17, 15) is 23.1 Å². The first kappa shape index (κ1) is 27.0. The molecule has 0 spiro atoms. The fourth-order valence-corrected chi connectivity index (χ4v) is 6.51. The van der Waals surface area contributed by atoms with Crippen LogP contribution in [0.5, 0.6) is 0 Å². The summed E-state index contributed by atoms with van der Waals surface area (Å²) in [6.45, 7) is 2.82. The quantitative estimate of drug-likeness (QED) is 0.348. The minimum absolute atomic E-state index is 0.0235. The van der Waals surface area contributed by atoms with Crippen LogP contribution >= 0.6 is 11.3 Å². The molecular weight excluding hydrogens is 518 g/mol. The van der Waals surface area contributed by atoms with Gasteiger partial charge in [0.2, 0.25) is 15.9 Å². The molecule has 2 N–H and O–H groups in total. The van der Waals surface area contributed by atoms with E-state index in [2.05, 4.69) is 10.5 Å². The molecule has 4 rings (SSSR count). The molecule has 0 radical (unpaired) electrons. The Morgan fingerprint density at radius 3 is 2.62 bits per heavy atom. The molecule has 12 heteroatoms. The van der Waals surface area contributed by atoms with E-state index >= 15 is 0 Å². The Bertz CT molecular complexity index is 1310. The van der Waals surface area contributed by atoms with Crippen molar-refractivity contribution in [2.24, 2.45) is 11.8 Å². The van der Waals surface area contributed by atoms with Gasteiger partial charge in [0.15, 0.2) is 5.76 Å². The SMILES string of the molecule is Cc1oncc1S(=O)(=O)N(Cc1cccs1)C[C@@H](O)[C@H](Cc1ccccc1)NC(=O)C1COC(=O)[C@H]1C. The molecule has 1 aliphatic heterocycles. The number of cyclic esters (lactones) is 1. The number of carbonyl (C=O) groups excluding carboxylic acids is 2. The van der Waals surface area contributed by atoms with Crippen LogP contribution in [0.25, 0.3) is 0 Å². The van der Waals surface area contributed by atoms with Gasteiger partial charge in [0.1, 0.15) is 11.5 Å². The molecular formula is C25H29N3O7S2. The van der Waals surface area contributed by atoms with Crippen LogP contribution in [0.4, 0.5) is 0 Å². The molecule has 198 valence electrons. The van der Waals surface area contributed by atoms with E-state index in [1.807, 2.05) is 47.8 Å². The number of carbonyl (C=O) groups is 2. The third kappa shape index (κ3) is 6.27. The number of amides is 1. The standard InChI is InChI=1S/C25H29N3O7S2/c1-16-20(15-34-25(16)31)24(30)27-21(11-18-7-4-3-5-8-18)22(29)14-28(13-19-9-6-10-36-19)37(32,33)23-12-26-35-17(23)2/h3-10,12,16,20-22,29H,11,13-15H2,1-2H3,(H,27,30)/t16-,20?,21-,22+/m0/s1. The van der Waals surface area contributed by atoms with Crippen molar-refractivity contribution < 1.29 is 32.4 Å². The van der Waals surface area contributed by atoms with E-state index in [0.717, 1.165) is 20.9 Å². The van der Waals surface area contributed by atoms with Gasteiger partial charge in [-0.05, 0) is 30.4 Å². The second-order valence-corrected chi connectivity index (χ2v) is 12.0. The summed E-state index contributed by atoms with van der Waals surface area (Å²) in [5.74, 6) is -2.04. The smallest absolute Gasteiger partial charge is 0.309 e. The molecule has 3 aromatic rings. The van der Waals surface area contributed by atoms with E-state index in [1.54, 1.807) is 6.92 Å². The first-order chi connectivity index (χ1) is 17.7. The van der Waals surface area contributed by atoms with Gasteiger partial charge in [-0.3, -0.25) is 9.59 Å². The lowest BCUT2D eigenvalue weighted by molar-refractivity contribution is -0.141. The third-order valence-electron chi connectivity index (χ3n) is 6.44. The Hall–Kier alpha value is -3.06. The second-order valence-electron chi connectivity index (χ2n) is 9.02. The van der Waals surface area contributed by atoms with Gasteiger partial charge in [0.05, 0.1) is 30.2 Å². The number of thiophene rings is 1. The Balaban J connectivity index is 1.60. The van der Waals surface area contributed by atoms with E-state index in [0.29, 0.717) is 0 Å². The first-order valence-corrected chi connectivity index (χ1v) is 14.1. The molecule has 1 amide bonds. The number of esters is 1. The zero-order chi connectivity index (χ0) is 26.6. The van der Waals surface area contributed by atoms with Crippen LogP contribution in [0.2, 0.25) is 0 Å². The molecule has 3 heterocycles. The lowest BCUT2D eigenvalue weighted by Crippen LogP contribution is -2.52. The van der Waals surface area contributed by atoms with Crippen LogP contribution in [0.3, 0.4) is 0 Å². The Labute approximate surface area is 219 Å². The van der Waals surface area contributed by atoms with Gasteiger partial charge in [0, 0.05) is 18.0 Å². The molecule has 1 unspecified atom stereocenters. The van der Waals surface area contributed by atoms with Crippen molar-refractivity contribution in [3.8, 4) is 0 Å². The molecule has 10 nitrogen and oxygen atoms in total. The number of aromatic nitrogens is 1. The number of rotatable bonds is 11. The average molecular weight is 548 g/mol. The number of hydrogen-bond acceptors (Lipinski definition) is 9. The molecule has 1 aromatic carbocycles. The lowest BCUT2D eigenvalue weighted by Gasteiger charge is -2.30.